The van der Waals surface area contributed by atoms with E-state index in [2.05, 4.69) is 10.6 Å². The fourth-order valence-electron chi connectivity index (χ4n) is 1.39. The van der Waals surface area contributed by atoms with Crippen LogP contribution in [0.25, 0.3) is 0 Å². The van der Waals surface area contributed by atoms with Gasteiger partial charge in [-0.25, -0.2) is 8.42 Å². The van der Waals surface area contributed by atoms with Crippen molar-refractivity contribution < 1.29 is 13.0 Å². The Morgan fingerprint density at radius 1 is 1.16 bits per heavy atom. The van der Waals surface area contributed by atoms with Gasteiger partial charge < -0.3 is 15.2 Å². The van der Waals surface area contributed by atoms with E-state index in [9.17, 15) is 13.0 Å². The fourth-order valence-corrected chi connectivity index (χ4v) is 2.93. The maximum absolute atomic E-state index is 10.9. The summed E-state index contributed by atoms with van der Waals surface area (Å²) >= 11 is 4.36. The second-order valence-corrected chi connectivity index (χ2v) is 8.73. The van der Waals surface area contributed by atoms with Crippen LogP contribution in [0.4, 0.5) is 0 Å². The predicted molar refractivity (Wildman–Crippen MR) is 85.7 cm³/mol. The Morgan fingerprint density at radius 3 is 2.16 bits per heavy atom. The largest absolute Gasteiger partial charge is 0.617 e. The van der Waals surface area contributed by atoms with Crippen molar-refractivity contribution in [1.82, 2.24) is 10.6 Å². The lowest BCUT2D eigenvalue weighted by atomic mass is 10.3. The average molecular weight is 329 g/mol. The number of hydrogen-bond donors (Lipinski definition) is 2. The normalized spacial score (nSPS) is 13.0. The van der Waals surface area contributed by atoms with Gasteiger partial charge in [0.1, 0.15) is 15.6 Å². The highest BCUT2D eigenvalue weighted by molar-refractivity contribution is 7.90. The lowest BCUT2D eigenvalue weighted by Crippen LogP contribution is -2.36. The molecule has 0 radical (unpaired) electrons. The fraction of sp³-hybridized carbons (Fsp3) is 0.909. The van der Waals surface area contributed by atoms with Gasteiger partial charge in [0.15, 0.2) is 5.11 Å². The minimum atomic E-state index is -2.85. The van der Waals surface area contributed by atoms with E-state index < -0.39 is 21.0 Å². The minimum Gasteiger partial charge on any atom is -0.617 e. The molecule has 2 N–H and O–H groups in total. The van der Waals surface area contributed by atoms with Crippen LogP contribution in [-0.2, 0) is 21.0 Å². The summed E-state index contributed by atoms with van der Waals surface area (Å²) in [6.45, 7) is 1.45. The zero-order chi connectivity index (χ0) is 14.7. The molecule has 0 heterocycles. The van der Waals surface area contributed by atoms with Gasteiger partial charge in [0.2, 0.25) is 0 Å². The van der Waals surface area contributed by atoms with E-state index in [4.69, 9.17) is 12.2 Å². The molecule has 0 saturated heterocycles. The summed E-state index contributed by atoms with van der Waals surface area (Å²) in [5.74, 6) is 0.955. The van der Waals surface area contributed by atoms with E-state index in [1.165, 1.54) is 6.26 Å². The Hall–Kier alpha value is -0.0500. The molecule has 0 aromatic heterocycles. The molecule has 0 fully saturated rings. The van der Waals surface area contributed by atoms with Crippen LogP contribution < -0.4 is 10.6 Å². The molecule has 1 unspecified atom stereocenters. The Labute approximate surface area is 125 Å². The lowest BCUT2D eigenvalue weighted by molar-refractivity contribution is 0.595. The van der Waals surface area contributed by atoms with Crippen molar-refractivity contribution in [1.29, 1.82) is 0 Å². The summed E-state index contributed by atoms with van der Waals surface area (Å²) in [5, 5.41) is 6.70. The Morgan fingerprint density at radius 2 is 1.68 bits per heavy atom. The highest BCUT2D eigenvalue weighted by atomic mass is 32.2. The second kappa shape index (κ2) is 10.7. The van der Waals surface area contributed by atoms with Crippen LogP contribution in [0, 0.1) is 0 Å². The molecule has 0 spiro atoms. The quantitative estimate of drug-likeness (QED) is 0.344. The van der Waals surface area contributed by atoms with Crippen molar-refractivity contribution in [2.24, 2.45) is 0 Å². The van der Waals surface area contributed by atoms with E-state index in [1.54, 1.807) is 6.26 Å². The van der Waals surface area contributed by atoms with Crippen molar-refractivity contribution in [2.45, 2.75) is 25.7 Å². The molecule has 0 aromatic carbocycles. The number of sulfone groups is 1. The monoisotopic (exact) mass is 328 g/mol. The number of thiocarbonyl (C=S) groups is 1. The van der Waals surface area contributed by atoms with Gasteiger partial charge in [0, 0.05) is 25.1 Å². The predicted octanol–water partition coefficient (Wildman–Crippen LogP) is 0.434. The van der Waals surface area contributed by atoms with E-state index in [-0.39, 0.29) is 5.75 Å². The molecule has 0 bridgehead atoms. The van der Waals surface area contributed by atoms with Crippen LogP contribution in [0.15, 0.2) is 0 Å². The first-order valence-electron chi connectivity index (χ1n) is 6.31. The third-order valence-corrected chi connectivity index (χ3v) is 4.55. The van der Waals surface area contributed by atoms with Crippen LogP contribution in [0.5, 0.6) is 0 Å². The van der Waals surface area contributed by atoms with Crippen molar-refractivity contribution in [3.05, 3.63) is 0 Å². The molecule has 1 atom stereocenters. The summed E-state index contributed by atoms with van der Waals surface area (Å²) in [7, 11) is -2.85. The summed E-state index contributed by atoms with van der Waals surface area (Å²) in [5.41, 5.74) is 0. The third-order valence-electron chi connectivity index (χ3n) is 2.37. The number of rotatable bonds is 10. The first kappa shape index (κ1) is 18.9. The first-order chi connectivity index (χ1) is 8.81. The molecule has 0 rings (SSSR count). The molecule has 0 amide bonds. The van der Waals surface area contributed by atoms with E-state index in [0.717, 1.165) is 31.6 Å². The SMILES string of the molecule is C[S+]([O-])CCCCNC(=S)NCCCCS(C)(=O)=O. The molecule has 0 aliphatic rings. The molecule has 19 heavy (non-hydrogen) atoms. The second-order valence-electron chi connectivity index (χ2n) is 4.50. The summed E-state index contributed by atoms with van der Waals surface area (Å²) in [6.07, 6.45) is 6.25. The van der Waals surface area contributed by atoms with E-state index in [0.29, 0.717) is 18.1 Å². The smallest absolute Gasteiger partial charge is 0.166 e. The van der Waals surface area contributed by atoms with Crippen LogP contribution >= 0.6 is 12.2 Å². The molecular formula is C11H24N2O3S3. The molecule has 0 aromatic rings. The highest BCUT2D eigenvalue weighted by Gasteiger charge is 2.01. The van der Waals surface area contributed by atoms with Gasteiger partial charge in [-0.15, -0.1) is 0 Å². The van der Waals surface area contributed by atoms with Gasteiger partial charge in [-0.05, 0) is 37.9 Å². The molecule has 8 heteroatoms. The molecular weight excluding hydrogens is 304 g/mol. The van der Waals surface area contributed by atoms with Crippen LogP contribution in [0.1, 0.15) is 25.7 Å². The van der Waals surface area contributed by atoms with Gasteiger partial charge >= 0.3 is 0 Å². The van der Waals surface area contributed by atoms with Gasteiger partial charge in [-0.3, -0.25) is 0 Å². The summed E-state index contributed by atoms with van der Waals surface area (Å²) in [6, 6.07) is 0. The highest BCUT2D eigenvalue weighted by Crippen LogP contribution is 1.94. The zero-order valence-corrected chi connectivity index (χ0v) is 14.1. The van der Waals surface area contributed by atoms with Crippen LogP contribution in [0.3, 0.4) is 0 Å². The molecule has 114 valence electrons. The topological polar surface area (TPSA) is 81.3 Å². The molecule has 0 aliphatic carbocycles. The van der Waals surface area contributed by atoms with Gasteiger partial charge in [0.05, 0.1) is 6.26 Å². The van der Waals surface area contributed by atoms with Crippen molar-refractivity contribution in [3.63, 3.8) is 0 Å². The maximum Gasteiger partial charge on any atom is 0.166 e. The van der Waals surface area contributed by atoms with Gasteiger partial charge in [0.25, 0.3) is 0 Å². The van der Waals surface area contributed by atoms with E-state index in [1.807, 2.05) is 0 Å². The van der Waals surface area contributed by atoms with Gasteiger partial charge in [-0.1, -0.05) is 11.2 Å². The number of hydrogen-bond acceptors (Lipinski definition) is 4. The standard InChI is InChI=1S/C11H24N2O3S3/c1-18(14)9-5-3-7-12-11(17)13-8-4-6-10-19(2,15)16/h3-10H2,1-2H3,(H2,12,13,17). The molecule has 5 nitrogen and oxygen atoms in total. The summed E-state index contributed by atoms with van der Waals surface area (Å²) in [4.78, 5) is 0. The molecule has 0 saturated carbocycles. The van der Waals surface area contributed by atoms with Gasteiger partial charge in [-0.2, -0.15) is 0 Å². The Balaban J connectivity index is 3.35. The Kier molecular flexibility index (Phi) is 10.7. The lowest BCUT2D eigenvalue weighted by Gasteiger charge is -2.10. The van der Waals surface area contributed by atoms with Crippen molar-refractivity contribution >= 4 is 38.3 Å². The molecule has 0 aliphatic heterocycles. The van der Waals surface area contributed by atoms with E-state index >= 15 is 0 Å². The van der Waals surface area contributed by atoms with Crippen LogP contribution in [0.2, 0.25) is 0 Å². The number of unbranched alkanes of at least 4 members (excludes halogenated alkanes) is 2. The van der Waals surface area contributed by atoms with Crippen LogP contribution in [-0.4, -0.2) is 55.2 Å². The summed E-state index contributed by atoms with van der Waals surface area (Å²) < 4.78 is 32.6. The maximum atomic E-state index is 10.9. The zero-order valence-electron chi connectivity index (χ0n) is 11.6. The number of nitrogens with one attached hydrogen (secondary N) is 2. The van der Waals surface area contributed by atoms with Crippen molar-refractivity contribution in [3.8, 4) is 0 Å². The Bertz CT molecular complexity index is 345. The average Bonchev–Trinajstić information content (AvgIpc) is 2.26. The minimum absolute atomic E-state index is 0.225. The third kappa shape index (κ3) is 15.9. The first-order valence-corrected chi connectivity index (χ1v) is 10.5. The van der Waals surface area contributed by atoms with Crippen molar-refractivity contribution in [2.75, 3.05) is 37.1 Å².